The predicted octanol–water partition coefficient (Wildman–Crippen LogP) is 5.66. The van der Waals surface area contributed by atoms with E-state index in [1.54, 1.807) is 0 Å². The zero-order valence-corrected chi connectivity index (χ0v) is 15.9. The number of anilines is 3. The Morgan fingerprint density at radius 3 is 2.27 bits per heavy atom. The molecule has 1 aliphatic heterocycles. The van der Waals surface area contributed by atoms with Crippen LogP contribution in [0, 0.1) is 0 Å². The molecule has 0 radical (unpaired) electrons. The molecule has 0 fully saturated rings. The Kier molecular flexibility index (Phi) is 5.09. The Labute approximate surface area is 163 Å². The summed E-state index contributed by atoms with van der Waals surface area (Å²) >= 11 is 11.8. The average Bonchev–Trinajstić information content (AvgIpc) is 3.13. The number of halogens is 2. The Hall–Kier alpha value is -2.10. The van der Waals surface area contributed by atoms with Crippen LogP contribution in [0.4, 0.5) is 17.1 Å². The second kappa shape index (κ2) is 7.65. The fourth-order valence-electron chi connectivity index (χ4n) is 3.50. The molecule has 0 bridgehead atoms. The summed E-state index contributed by atoms with van der Waals surface area (Å²) < 4.78 is 0. The van der Waals surface area contributed by atoms with Crippen LogP contribution in [0.15, 0.2) is 60.7 Å². The summed E-state index contributed by atoms with van der Waals surface area (Å²) in [5.74, 6) is 1.18. The van der Waals surface area contributed by atoms with Crippen molar-refractivity contribution in [1.29, 1.82) is 0 Å². The second-order valence-corrected chi connectivity index (χ2v) is 7.14. The van der Waals surface area contributed by atoms with E-state index in [4.69, 9.17) is 23.2 Å². The molecule has 0 spiro atoms. The smallest absolute Gasteiger partial charge is 0.123 e. The standard InChI is InChI=1S/C21H21Cl2N3/c22-11-13-26(14-12-23)17-8-5-16(6-9-17)21-24-19-10-7-15-3-1-2-4-18(15)20(19)25-21/h1-10,21,24-25H,11-14H2. The van der Waals surface area contributed by atoms with Gasteiger partial charge in [-0.3, -0.25) is 0 Å². The number of rotatable bonds is 6. The number of alkyl halides is 2. The van der Waals surface area contributed by atoms with Crippen molar-refractivity contribution in [1.82, 2.24) is 0 Å². The quantitative estimate of drug-likeness (QED) is 0.536. The maximum Gasteiger partial charge on any atom is 0.123 e. The Morgan fingerprint density at radius 2 is 1.54 bits per heavy atom. The lowest BCUT2D eigenvalue weighted by Gasteiger charge is -2.23. The van der Waals surface area contributed by atoms with Crippen molar-refractivity contribution in [2.24, 2.45) is 0 Å². The van der Waals surface area contributed by atoms with Gasteiger partial charge in [0, 0.05) is 35.9 Å². The topological polar surface area (TPSA) is 27.3 Å². The van der Waals surface area contributed by atoms with Crippen LogP contribution < -0.4 is 15.5 Å². The van der Waals surface area contributed by atoms with Gasteiger partial charge in [0.15, 0.2) is 0 Å². The first-order valence-corrected chi connectivity index (χ1v) is 9.89. The molecule has 1 unspecified atom stereocenters. The third kappa shape index (κ3) is 3.29. The highest BCUT2D eigenvalue weighted by atomic mass is 35.5. The number of nitrogens with one attached hydrogen (secondary N) is 2. The van der Waals surface area contributed by atoms with E-state index in [-0.39, 0.29) is 6.17 Å². The number of nitrogens with zero attached hydrogens (tertiary/aromatic N) is 1. The Bertz CT molecular complexity index is 889. The van der Waals surface area contributed by atoms with Gasteiger partial charge >= 0.3 is 0 Å². The first kappa shape index (κ1) is 17.3. The van der Waals surface area contributed by atoms with Crippen LogP contribution in [0.25, 0.3) is 10.8 Å². The molecular formula is C21H21Cl2N3. The molecule has 0 saturated heterocycles. The molecule has 1 aliphatic rings. The van der Waals surface area contributed by atoms with E-state index in [2.05, 4.69) is 76.2 Å². The molecule has 0 aromatic heterocycles. The van der Waals surface area contributed by atoms with E-state index >= 15 is 0 Å². The van der Waals surface area contributed by atoms with Crippen LogP contribution >= 0.6 is 23.2 Å². The number of benzene rings is 3. The van der Waals surface area contributed by atoms with E-state index in [1.165, 1.54) is 22.0 Å². The van der Waals surface area contributed by atoms with E-state index < -0.39 is 0 Å². The van der Waals surface area contributed by atoms with Gasteiger partial charge in [-0.25, -0.2) is 0 Å². The molecule has 0 amide bonds. The van der Waals surface area contributed by atoms with Gasteiger partial charge in [-0.15, -0.1) is 23.2 Å². The molecule has 1 heterocycles. The molecule has 3 aromatic carbocycles. The summed E-state index contributed by atoms with van der Waals surface area (Å²) in [5, 5.41) is 9.69. The summed E-state index contributed by atoms with van der Waals surface area (Å²) in [5.41, 5.74) is 4.66. The summed E-state index contributed by atoms with van der Waals surface area (Å²) in [7, 11) is 0. The third-order valence-corrected chi connectivity index (χ3v) is 5.16. The first-order chi connectivity index (χ1) is 12.8. The summed E-state index contributed by atoms with van der Waals surface area (Å²) in [6.07, 6.45) is 0.0689. The maximum atomic E-state index is 5.91. The molecule has 4 rings (SSSR count). The van der Waals surface area contributed by atoms with Gasteiger partial charge in [0.1, 0.15) is 6.17 Å². The van der Waals surface area contributed by atoms with Crippen LogP contribution in [0.3, 0.4) is 0 Å². The molecule has 2 N–H and O–H groups in total. The third-order valence-electron chi connectivity index (χ3n) is 4.82. The maximum absolute atomic E-state index is 5.91. The van der Waals surface area contributed by atoms with Crippen LogP contribution in [-0.2, 0) is 0 Å². The van der Waals surface area contributed by atoms with Crippen LogP contribution in [0.5, 0.6) is 0 Å². The number of fused-ring (bicyclic) bond motifs is 3. The molecule has 0 saturated carbocycles. The Balaban J connectivity index is 1.56. The van der Waals surface area contributed by atoms with E-state index in [0.29, 0.717) is 11.8 Å². The van der Waals surface area contributed by atoms with Gasteiger partial charge in [0.2, 0.25) is 0 Å². The highest BCUT2D eigenvalue weighted by Gasteiger charge is 2.22. The van der Waals surface area contributed by atoms with E-state index in [0.717, 1.165) is 24.5 Å². The number of hydrogen-bond donors (Lipinski definition) is 2. The minimum Gasteiger partial charge on any atom is -0.369 e. The fourth-order valence-corrected chi connectivity index (χ4v) is 3.91. The van der Waals surface area contributed by atoms with Crippen molar-refractivity contribution in [2.45, 2.75) is 6.17 Å². The second-order valence-electron chi connectivity index (χ2n) is 6.39. The van der Waals surface area contributed by atoms with Crippen LogP contribution in [-0.4, -0.2) is 24.8 Å². The van der Waals surface area contributed by atoms with Crippen LogP contribution in [0.1, 0.15) is 11.7 Å². The van der Waals surface area contributed by atoms with Crippen molar-refractivity contribution in [3.63, 3.8) is 0 Å². The number of hydrogen-bond acceptors (Lipinski definition) is 3. The largest absolute Gasteiger partial charge is 0.369 e. The normalized spacial score (nSPS) is 15.4. The highest BCUT2D eigenvalue weighted by molar-refractivity contribution is 6.18. The molecular weight excluding hydrogens is 365 g/mol. The molecule has 5 heteroatoms. The fraction of sp³-hybridized carbons (Fsp3) is 0.238. The zero-order valence-electron chi connectivity index (χ0n) is 14.4. The highest BCUT2D eigenvalue weighted by Crippen LogP contribution is 2.40. The van der Waals surface area contributed by atoms with Gasteiger partial charge in [-0.1, -0.05) is 42.5 Å². The molecule has 0 aliphatic carbocycles. The van der Waals surface area contributed by atoms with Crippen molar-refractivity contribution in [3.8, 4) is 0 Å². The first-order valence-electron chi connectivity index (χ1n) is 8.82. The van der Waals surface area contributed by atoms with Crippen LogP contribution in [0.2, 0.25) is 0 Å². The summed E-state index contributed by atoms with van der Waals surface area (Å²) in [6.45, 7) is 1.59. The van der Waals surface area contributed by atoms with Crippen molar-refractivity contribution in [3.05, 3.63) is 66.2 Å². The van der Waals surface area contributed by atoms with Crippen molar-refractivity contribution >= 4 is 51.0 Å². The minimum absolute atomic E-state index is 0.0689. The van der Waals surface area contributed by atoms with Gasteiger partial charge < -0.3 is 15.5 Å². The lowest BCUT2D eigenvalue weighted by atomic mass is 10.1. The van der Waals surface area contributed by atoms with Gasteiger partial charge in [0.05, 0.1) is 11.4 Å². The average molecular weight is 386 g/mol. The molecule has 3 nitrogen and oxygen atoms in total. The lowest BCUT2D eigenvalue weighted by Crippen LogP contribution is -2.27. The molecule has 26 heavy (non-hydrogen) atoms. The SMILES string of the molecule is ClCCN(CCCl)c1ccc(C2Nc3ccc4ccccc4c3N2)cc1. The van der Waals surface area contributed by atoms with E-state index in [9.17, 15) is 0 Å². The van der Waals surface area contributed by atoms with Gasteiger partial charge in [0.25, 0.3) is 0 Å². The molecule has 1 atom stereocenters. The van der Waals surface area contributed by atoms with Gasteiger partial charge in [-0.2, -0.15) is 0 Å². The molecule has 134 valence electrons. The molecule has 3 aromatic rings. The summed E-state index contributed by atoms with van der Waals surface area (Å²) in [6, 6.07) is 21.3. The zero-order chi connectivity index (χ0) is 17.9. The monoisotopic (exact) mass is 385 g/mol. The minimum atomic E-state index is 0.0689. The van der Waals surface area contributed by atoms with Crippen molar-refractivity contribution < 1.29 is 0 Å². The van der Waals surface area contributed by atoms with E-state index in [1.807, 2.05) is 0 Å². The lowest BCUT2D eigenvalue weighted by molar-refractivity contribution is 0.871. The Morgan fingerprint density at radius 1 is 0.808 bits per heavy atom. The summed E-state index contributed by atoms with van der Waals surface area (Å²) in [4.78, 5) is 2.21. The van der Waals surface area contributed by atoms with Gasteiger partial charge in [-0.05, 0) is 29.1 Å². The van der Waals surface area contributed by atoms with Crippen molar-refractivity contribution in [2.75, 3.05) is 40.4 Å². The predicted molar refractivity (Wildman–Crippen MR) is 114 cm³/mol.